The molecule has 0 heterocycles. The maximum Gasteiger partial charge on any atom is 0.417 e. The summed E-state index contributed by atoms with van der Waals surface area (Å²) < 4.78 is 44.1. The van der Waals surface area contributed by atoms with Gasteiger partial charge in [0, 0.05) is 14.3 Å². The van der Waals surface area contributed by atoms with Crippen molar-refractivity contribution in [1.29, 1.82) is 0 Å². The van der Waals surface area contributed by atoms with E-state index in [9.17, 15) is 18.0 Å². The molecule has 2 aromatic rings. The monoisotopic (exact) mass is 390 g/mol. The largest absolute Gasteiger partial charge is 0.465 e. The number of esters is 1. The summed E-state index contributed by atoms with van der Waals surface area (Å²) in [6.07, 6.45) is -4.43. The van der Waals surface area contributed by atoms with Gasteiger partial charge in [0.25, 0.3) is 0 Å². The van der Waals surface area contributed by atoms with Gasteiger partial charge in [-0.05, 0) is 42.5 Å². The quantitative estimate of drug-likeness (QED) is 0.655. The number of alkyl halides is 3. The molecule has 22 heavy (non-hydrogen) atoms. The van der Waals surface area contributed by atoms with Crippen LogP contribution in [-0.2, 0) is 10.9 Å². The van der Waals surface area contributed by atoms with Crippen LogP contribution in [0.5, 0.6) is 0 Å². The Morgan fingerprint density at radius 2 is 1.77 bits per heavy atom. The number of carbonyl (C=O) groups excluding carboxylic acids is 1. The van der Waals surface area contributed by atoms with E-state index in [1.165, 1.54) is 25.3 Å². The van der Waals surface area contributed by atoms with Gasteiger partial charge < -0.3 is 4.74 Å². The lowest BCUT2D eigenvalue weighted by Crippen LogP contribution is -2.06. The topological polar surface area (TPSA) is 26.3 Å². The molecule has 2 aromatic carbocycles. The summed E-state index contributed by atoms with van der Waals surface area (Å²) >= 11 is 4.03. The number of halogens is 4. The third-order valence-electron chi connectivity index (χ3n) is 2.75. The van der Waals surface area contributed by atoms with Gasteiger partial charge in [-0.15, -0.1) is 0 Å². The first-order valence-electron chi connectivity index (χ1n) is 6.04. The van der Waals surface area contributed by atoms with Crippen LogP contribution in [0.2, 0.25) is 0 Å². The van der Waals surface area contributed by atoms with Crippen molar-refractivity contribution in [3.8, 4) is 0 Å². The first-order chi connectivity index (χ1) is 10.3. The van der Waals surface area contributed by atoms with Crippen molar-refractivity contribution in [3.05, 3.63) is 58.1 Å². The van der Waals surface area contributed by atoms with Crippen molar-refractivity contribution in [2.75, 3.05) is 7.11 Å². The van der Waals surface area contributed by atoms with Gasteiger partial charge in [0.1, 0.15) is 0 Å². The summed E-state index contributed by atoms with van der Waals surface area (Å²) in [5.74, 6) is -0.490. The van der Waals surface area contributed by atoms with Gasteiger partial charge in [-0.25, -0.2) is 4.79 Å². The van der Waals surface area contributed by atoms with E-state index in [0.29, 0.717) is 14.9 Å². The predicted molar refractivity (Wildman–Crippen MR) is 81.0 cm³/mol. The van der Waals surface area contributed by atoms with Gasteiger partial charge in [-0.1, -0.05) is 27.7 Å². The van der Waals surface area contributed by atoms with Crippen molar-refractivity contribution in [2.24, 2.45) is 0 Å². The zero-order valence-corrected chi connectivity index (χ0v) is 13.7. The fraction of sp³-hybridized carbons (Fsp3) is 0.133. The smallest absolute Gasteiger partial charge is 0.417 e. The van der Waals surface area contributed by atoms with Crippen LogP contribution in [0.15, 0.2) is 56.7 Å². The van der Waals surface area contributed by atoms with Crippen molar-refractivity contribution in [3.63, 3.8) is 0 Å². The molecular formula is C15H10BrF3O2S. The standard InChI is InChI=1S/C15H10BrF3O2S/c1-21-14(20)9-2-5-11(6-3-9)22-13-7-4-10(16)8-12(13)15(17,18)19/h2-8H,1H3. The van der Waals surface area contributed by atoms with Crippen LogP contribution < -0.4 is 0 Å². The molecule has 2 rings (SSSR count). The van der Waals surface area contributed by atoms with E-state index in [2.05, 4.69) is 20.7 Å². The van der Waals surface area contributed by atoms with E-state index in [-0.39, 0.29) is 4.90 Å². The first-order valence-corrected chi connectivity index (χ1v) is 7.65. The zero-order valence-electron chi connectivity index (χ0n) is 11.3. The Morgan fingerprint density at radius 3 is 2.32 bits per heavy atom. The molecule has 0 aliphatic heterocycles. The molecule has 0 saturated heterocycles. The lowest BCUT2D eigenvalue weighted by Gasteiger charge is -2.13. The number of carbonyl (C=O) groups is 1. The third kappa shape index (κ3) is 4.04. The van der Waals surface area contributed by atoms with Crippen LogP contribution >= 0.6 is 27.7 Å². The number of hydrogen-bond donors (Lipinski definition) is 0. The highest BCUT2D eigenvalue weighted by Gasteiger charge is 2.33. The molecule has 0 unspecified atom stereocenters. The maximum atomic E-state index is 13.1. The summed E-state index contributed by atoms with van der Waals surface area (Å²) in [6, 6.07) is 10.2. The summed E-state index contributed by atoms with van der Waals surface area (Å²) in [5.41, 5.74) is -0.359. The molecule has 2 nitrogen and oxygen atoms in total. The van der Waals surface area contributed by atoms with Gasteiger partial charge in [-0.3, -0.25) is 0 Å². The summed E-state index contributed by atoms with van der Waals surface area (Å²) in [7, 11) is 1.27. The minimum atomic E-state index is -4.43. The minimum absolute atomic E-state index is 0.0986. The minimum Gasteiger partial charge on any atom is -0.465 e. The van der Waals surface area contributed by atoms with Gasteiger partial charge in [0.15, 0.2) is 0 Å². The van der Waals surface area contributed by atoms with Gasteiger partial charge >= 0.3 is 12.1 Å². The normalized spacial score (nSPS) is 11.3. The lowest BCUT2D eigenvalue weighted by atomic mass is 10.2. The Kier molecular flexibility index (Phi) is 5.18. The Bertz CT molecular complexity index is 684. The Labute approximate surface area is 137 Å². The highest BCUT2D eigenvalue weighted by atomic mass is 79.9. The molecular weight excluding hydrogens is 381 g/mol. The molecule has 0 N–H and O–H groups in total. The molecule has 0 aromatic heterocycles. The molecule has 0 bridgehead atoms. The molecule has 0 radical (unpaired) electrons. The highest BCUT2D eigenvalue weighted by Crippen LogP contribution is 2.40. The van der Waals surface area contributed by atoms with Crippen LogP contribution in [0.25, 0.3) is 0 Å². The van der Waals surface area contributed by atoms with Crippen LogP contribution in [0.3, 0.4) is 0 Å². The summed E-state index contributed by atoms with van der Waals surface area (Å²) in [6.45, 7) is 0. The van der Waals surface area contributed by atoms with Crippen LogP contribution in [0.4, 0.5) is 13.2 Å². The van der Waals surface area contributed by atoms with Crippen LogP contribution in [0.1, 0.15) is 15.9 Å². The Hall–Kier alpha value is -1.47. The molecule has 116 valence electrons. The van der Waals surface area contributed by atoms with Gasteiger partial charge in [-0.2, -0.15) is 13.2 Å². The molecule has 0 aliphatic rings. The van der Waals surface area contributed by atoms with Gasteiger partial charge in [0.2, 0.25) is 0 Å². The van der Waals surface area contributed by atoms with E-state index in [0.717, 1.165) is 17.8 Å². The number of rotatable bonds is 3. The van der Waals surface area contributed by atoms with Gasteiger partial charge in [0.05, 0.1) is 18.2 Å². The second-order valence-electron chi connectivity index (χ2n) is 4.26. The molecule has 0 amide bonds. The first kappa shape index (κ1) is 16.9. The van der Waals surface area contributed by atoms with E-state index in [1.807, 2.05) is 0 Å². The molecule has 0 fully saturated rings. The van der Waals surface area contributed by atoms with Crippen LogP contribution in [-0.4, -0.2) is 13.1 Å². The Balaban J connectivity index is 2.29. The maximum absolute atomic E-state index is 13.1. The van der Waals surface area contributed by atoms with Crippen LogP contribution in [0, 0.1) is 0 Å². The van der Waals surface area contributed by atoms with Crippen molar-refractivity contribution >= 4 is 33.7 Å². The van der Waals surface area contributed by atoms with E-state index >= 15 is 0 Å². The van der Waals surface area contributed by atoms with E-state index in [4.69, 9.17) is 0 Å². The fourth-order valence-corrected chi connectivity index (χ4v) is 3.02. The number of methoxy groups -OCH3 is 1. The second-order valence-corrected chi connectivity index (χ2v) is 6.29. The number of ether oxygens (including phenoxy) is 1. The van der Waals surface area contributed by atoms with E-state index < -0.39 is 17.7 Å². The second kappa shape index (κ2) is 6.75. The SMILES string of the molecule is COC(=O)c1ccc(Sc2ccc(Br)cc2C(F)(F)F)cc1. The average molecular weight is 391 g/mol. The number of benzene rings is 2. The summed E-state index contributed by atoms with van der Waals surface area (Å²) in [4.78, 5) is 12.0. The van der Waals surface area contributed by atoms with Crippen molar-refractivity contribution in [1.82, 2.24) is 0 Å². The molecule has 0 spiro atoms. The zero-order chi connectivity index (χ0) is 16.3. The third-order valence-corrected chi connectivity index (χ3v) is 4.33. The lowest BCUT2D eigenvalue weighted by molar-refractivity contribution is -0.139. The van der Waals surface area contributed by atoms with E-state index in [1.54, 1.807) is 18.2 Å². The number of hydrogen-bond acceptors (Lipinski definition) is 3. The molecule has 7 heteroatoms. The Morgan fingerprint density at radius 1 is 1.14 bits per heavy atom. The molecule has 0 aliphatic carbocycles. The average Bonchev–Trinajstić information content (AvgIpc) is 2.48. The van der Waals surface area contributed by atoms with Crippen molar-refractivity contribution in [2.45, 2.75) is 16.0 Å². The molecule has 0 atom stereocenters. The highest BCUT2D eigenvalue weighted by molar-refractivity contribution is 9.10. The van der Waals surface area contributed by atoms with Crippen molar-refractivity contribution < 1.29 is 22.7 Å². The molecule has 0 saturated carbocycles. The summed E-state index contributed by atoms with van der Waals surface area (Å²) in [5, 5.41) is 0. The predicted octanol–water partition coefficient (Wildman–Crippen LogP) is 5.41. The fourth-order valence-electron chi connectivity index (χ4n) is 1.72.